The Kier molecular flexibility index (Phi) is 2.98. The normalized spacial score (nSPS) is 13.3. The molecule has 1 aromatic heterocycles. The summed E-state index contributed by atoms with van der Waals surface area (Å²) in [5, 5.41) is 9.41. The van der Waals surface area contributed by atoms with Gasteiger partial charge in [0, 0.05) is 0 Å². The summed E-state index contributed by atoms with van der Waals surface area (Å²) in [7, 11) is 0. The minimum absolute atomic E-state index is 0.197. The summed E-state index contributed by atoms with van der Waals surface area (Å²) in [6.07, 6.45) is 1.69. The van der Waals surface area contributed by atoms with Crippen LogP contribution >= 0.6 is 0 Å². The van der Waals surface area contributed by atoms with E-state index in [4.69, 9.17) is 9.47 Å². The molecule has 1 N–H and O–H groups in total. The molecule has 23 heavy (non-hydrogen) atoms. The molecule has 0 saturated carbocycles. The number of H-pyrrole nitrogens is 1. The van der Waals surface area contributed by atoms with Gasteiger partial charge in [0.2, 0.25) is 6.79 Å². The molecule has 0 aliphatic carbocycles. The molecule has 2 aromatic carbocycles. The Hall–Kier alpha value is -3.33. The zero-order valence-electron chi connectivity index (χ0n) is 11.8. The average molecular weight is 307 g/mol. The zero-order valence-corrected chi connectivity index (χ0v) is 11.8. The van der Waals surface area contributed by atoms with E-state index in [2.05, 4.69) is 16.0 Å². The molecule has 0 fully saturated rings. The van der Waals surface area contributed by atoms with Crippen molar-refractivity contribution in [3.05, 3.63) is 53.6 Å². The molecule has 5 nitrogen and oxygen atoms in total. The lowest BCUT2D eigenvalue weighted by molar-refractivity contribution is 0.174. The van der Waals surface area contributed by atoms with Crippen molar-refractivity contribution in [3.8, 4) is 17.6 Å². The molecule has 2 heterocycles. The minimum Gasteiger partial charge on any atom is -0.454 e. The number of nitriles is 1. The Morgan fingerprint density at radius 1 is 1.22 bits per heavy atom. The number of allylic oxidation sites excluding steroid dienone is 1. The third-order valence-corrected chi connectivity index (χ3v) is 3.53. The van der Waals surface area contributed by atoms with Gasteiger partial charge in [0.25, 0.3) is 0 Å². The van der Waals surface area contributed by atoms with Crippen LogP contribution < -0.4 is 9.47 Å². The number of aromatic amines is 1. The predicted octanol–water partition coefficient (Wildman–Crippen LogP) is 3.49. The lowest BCUT2D eigenvalue weighted by Gasteiger charge is -1.99. The molecule has 1 aliphatic rings. The average Bonchev–Trinajstić information content (AvgIpc) is 3.17. The number of halogens is 1. The third-order valence-electron chi connectivity index (χ3n) is 3.53. The molecule has 112 valence electrons. The van der Waals surface area contributed by atoms with Crippen molar-refractivity contribution in [2.24, 2.45) is 0 Å². The highest BCUT2D eigenvalue weighted by atomic mass is 19.1. The number of aromatic nitrogens is 2. The first kappa shape index (κ1) is 13.3. The van der Waals surface area contributed by atoms with Crippen molar-refractivity contribution in [2.45, 2.75) is 0 Å². The van der Waals surface area contributed by atoms with Gasteiger partial charge in [-0.1, -0.05) is 6.07 Å². The summed E-state index contributed by atoms with van der Waals surface area (Å²) in [4.78, 5) is 7.29. The van der Waals surface area contributed by atoms with Crippen LogP contribution in [0.1, 0.15) is 11.4 Å². The fourth-order valence-corrected chi connectivity index (χ4v) is 2.43. The standard InChI is InChI=1S/C17H10FN3O2/c18-12-2-3-13-14(7-12)21-17(20-13)11(8-19)5-10-1-4-15-16(6-10)23-9-22-15/h1-7H,9H2,(H,20,21)/b11-5-. The van der Waals surface area contributed by atoms with E-state index in [1.54, 1.807) is 24.3 Å². The van der Waals surface area contributed by atoms with Gasteiger partial charge < -0.3 is 14.5 Å². The van der Waals surface area contributed by atoms with Crippen LogP contribution in [0.2, 0.25) is 0 Å². The smallest absolute Gasteiger partial charge is 0.231 e. The zero-order chi connectivity index (χ0) is 15.8. The van der Waals surface area contributed by atoms with Gasteiger partial charge in [-0.25, -0.2) is 9.37 Å². The number of rotatable bonds is 2. The van der Waals surface area contributed by atoms with Gasteiger partial charge in [-0.05, 0) is 42.0 Å². The van der Waals surface area contributed by atoms with Crippen LogP contribution in [0.4, 0.5) is 4.39 Å². The molecule has 0 unspecified atom stereocenters. The molecule has 0 atom stereocenters. The van der Waals surface area contributed by atoms with Crippen molar-refractivity contribution in [1.29, 1.82) is 5.26 Å². The first-order valence-electron chi connectivity index (χ1n) is 6.90. The fraction of sp³-hybridized carbons (Fsp3) is 0.0588. The summed E-state index contributed by atoms with van der Waals surface area (Å²) in [5.74, 6) is 1.36. The Balaban J connectivity index is 1.76. The van der Waals surface area contributed by atoms with Crippen molar-refractivity contribution >= 4 is 22.7 Å². The fourth-order valence-electron chi connectivity index (χ4n) is 2.43. The van der Waals surface area contributed by atoms with E-state index in [1.807, 2.05) is 6.07 Å². The third kappa shape index (κ3) is 2.38. The molecule has 0 bridgehead atoms. The minimum atomic E-state index is -0.356. The molecule has 0 spiro atoms. The first-order chi connectivity index (χ1) is 11.2. The topological polar surface area (TPSA) is 70.9 Å². The van der Waals surface area contributed by atoms with Gasteiger partial charge in [0.1, 0.15) is 17.7 Å². The molecular formula is C17H10FN3O2. The van der Waals surface area contributed by atoms with E-state index in [0.717, 1.165) is 5.56 Å². The van der Waals surface area contributed by atoms with Crippen LogP contribution in [0, 0.1) is 17.1 Å². The second-order valence-corrected chi connectivity index (χ2v) is 5.03. The summed E-state index contributed by atoms with van der Waals surface area (Å²) >= 11 is 0. The van der Waals surface area contributed by atoms with Gasteiger partial charge in [-0.2, -0.15) is 5.26 Å². The summed E-state index contributed by atoms with van der Waals surface area (Å²) < 4.78 is 23.8. The highest BCUT2D eigenvalue weighted by molar-refractivity contribution is 5.90. The maximum Gasteiger partial charge on any atom is 0.231 e. The highest BCUT2D eigenvalue weighted by Gasteiger charge is 2.14. The van der Waals surface area contributed by atoms with Crippen LogP contribution in [0.3, 0.4) is 0 Å². The number of benzene rings is 2. The van der Waals surface area contributed by atoms with E-state index < -0.39 is 0 Å². The molecule has 3 aromatic rings. The van der Waals surface area contributed by atoms with Crippen molar-refractivity contribution in [2.75, 3.05) is 6.79 Å². The molecular weight excluding hydrogens is 297 g/mol. The first-order valence-corrected chi connectivity index (χ1v) is 6.90. The van der Waals surface area contributed by atoms with Crippen molar-refractivity contribution in [3.63, 3.8) is 0 Å². The number of nitrogens with one attached hydrogen (secondary N) is 1. The number of ether oxygens (including phenoxy) is 2. The van der Waals surface area contributed by atoms with Crippen LogP contribution in [-0.4, -0.2) is 16.8 Å². The van der Waals surface area contributed by atoms with E-state index in [9.17, 15) is 9.65 Å². The number of hydrogen-bond donors (Lipinski definition) is 1. The van der Waals surface area contributed by atoms with Gasteiger partial charge >= 0.3 is 0 Å². The Labute approximate surface area is 130 Å². The van der Waals surface area contributed by atoms with Gasteiger partial charge in [-0.15, -0.1) is 0 Å². The number of nitrogens with zero attached hydrogens (tertiary/aromatic N) is 2. The molecule has 6 heteroatoms. The van der Waals surface area contributed by atoms with Gasteiger partial charge in [-0.3, -0.25) is 0 Å². The van der Waals surface area contributed by atoms with E-state index in [1.165, 1.54) is 12.1 Å². The number of hydrogen-bond acceptors (Lipinski definition) is 4. The van der Waals surface area contributed by atoms with Crippen LogP contribution in [0.25, 0.3) is 22.7 Å². The van der Waals surface area contributed by atoms with Crippen LogP contribution in [0.15, 0.2) is 36.4 Å². The molecule has 0 amide bonds. The molecule has 1 aliphatic heterocycles. The van der Waals surface area contributed by atoms with Gasteiger partial charge in [0.15, 0.2) is 11.5 Å². The van der Waals surface area contributed by atoms with Gasteiger partial charge in [0.05, 0.1) is 16.6 Å². The maximum absolute atomic E-state index is 13.2. The molecule has 0 radical (unpaired) electrons. The molecule has 4 rings (SSSR count). The van der Waals surface area contributed by atoms with Crippen LogP contribution in [-0.2, 0) is 0 Å². The second-order valence-electron chi connectivity index (χ2n) is 5.03. The number of imidazole rings is 1. The summed E-state index contributed by atoms with van der Waals surface area (Å²) in [6.45, 7) is 0.197. The van der Waals surface area contributed by atoms with Crippen molar-refractivity contribution in [1.82, 2.24) is 9.97 Å². The number of fused-ring (bicyclic) bond motifs is 2. The Bertz CT molecular complexity index is 985. The maximum atomic E-state index is 13.2. The predicted molar refractivity (Wildman–Crippen MR) is 82.1 cm³/mol. The monoisotopic (exact) mass is 307 g/mol. The van der Waals surface area contributed by atoms with Crippen molar-refractivity contribution < 1.29 is 13.9 Å². The Morgan fingerprint density at radius 2 is 2.09 bits per heavy atom. The lowest BCUT2D eigenvalue weighted by Crippen LogP contribution is -1.92. The van der Waals surface area contributed by atoms with E-state index >= 15 is 0 Å². The highest BCUT2D eigenvalue weighted by Crippen LogP contribution is 2.33. The lowest BCUT2D eigenvalue weighted by atomic mass is 10.1. The Morgan fingerprint density at radius 3 is 2.96 bits per heavy atom. The summed E-state index contributed by atoms with van der Waals surface area (Å²) in [5.41, 5.74) is 2.29. The molecule has 0 saturated heterocycles. The second kappa shape index (κ2) is 5.14. The summed E-state index contributed by atoms with van der Waals surface area (Å²) in [6, 6.07) is 11.8. The van der Waals surface area contributed by atoms with E-state index in [-0.39, 0.29) is 12.6 Å². The SMILES string of the molecule is N#C/C(=C/c1ccc2c(c1)OCO2)c1nc2ccc(F)cc2[nH]1. The largest absolute Gasteiger partial charge is 0.454 e. The van der Waals surface area contributed by atoms with Crippen LogP contribution in [0.5, 0.6) is 11.5 Å². The van der Waals surface area contributed by atoms with E-state index in [0.29, 0.717) is 33.9 Å². The quantitative estimate of drug-likeness (QED) is 0.736.